The van der Waals surface area contributed by atoms with Crippen molar-refractivity contribution in [1.82, 2.24) is 0 Å². The summed E-state index contributed by atoms with van der Waals surface area (Å²) in [5.74, 6) is -6.71. The molecule has 0 heterocycles. The predicted octanol–water partition coefficient (Wildman–Crippen LogP) is 3.28. The minimum atomic E-state index is -6.81. The molecule has 1 aromatic carbocycles. The second-order valence-corrected chi connectivity index (χ2v) is 10.1. The smallest absolute Gasteiger partial charge is 0.432 e. The summed E-state index contributed by atoms with van der Waals surface area (Å²) in [5.41, 5.74) is 0.339. The van der Waals surface area contributed by atoms with E-state index in [1.165, 1.54) is 6.08 Å². The van der Waals surface area contributed by atoms with Gasteiger partial charge in [-0.2, -0.15) is 22.0 Å². The molecule has 3 rings (SSSR count). The number of allylic oxidation sites excluding steroid dienone is 2. The van der Waals surface area contributed by atoms with E-state index in [1.54, 1.807) is 30.3 Å². The van der Waals surface area contributed by atoms with Crippen LogP contribution in [-0.2, 0) is 24.4 Å². The zero-order valence-corrected chi connectivity index (χ0v) is 18.7. The highest BCUT2D eigenvalue weighted by atomic mass is 127. The molecular formula is C18H14F5INO6S-. The number of hydrogen-bond donors (Lipinski definition) is 1. The average molecular weight is 594 g/mol. The Balaban J connectivity index is 1.85. The minimum Gasteiger partial charge on any atom is -0.743 e. The Morgan fingerprint density at radius 2 is 1.59 bits per heavy atom. The molecule has 0 aromatic heterocycles. The Kier molecular flexibility index (Phi) is 6.61. The second-order valence-electron chi connectivity index (χ2n) is 7.37. The third-order valence-electron chi connectivity index (χ3n) is 5.32. The fourth-order valence-corrected chi connectivity index (χ4v) is 4.72. The molecule has 5 atom stereocenters. The molecule has 2 bridgehead atoms. The van der Waals surface area contributed by atoms with Gasteiger partial charge in [-0.05, 0) is 65.1 Å². The first kappa shape index (κ1) is 24.8. The predicted molar refractivity (Wildman–Crippen MR) is 106 cm³/mol. The summed E-state index contributed by atoms with van der Waals surface area (Å²) in [6, 6.07) is 6.44. The Morgan fingerprint density at radius 1 is 1.06 bits per heavy atom. The number of alkyl halides is 5. The number of rotatable bonds is 6. The molecule has 0 saturated heterocycles. The molecule has 14 heteroatoms. The van der Waals surface area contributed by atoms with E-state index in [2.05, 4.69) is 10.1 Å². The van der Waals surface area contributed by atoms with Crippen LogP contribution in [0.4, 0.5) is 27.6 Å². The van der Waals surface area contributed by atoms with Gasteiger partial charge in [-0.25, -0.2) is 8.42 Å². The van der Waals surface area contributed by atoms with Gasteiger partial charge in [0.1, 0.15) is 0 Å². The SMILES string of the molecule is O=C(Nc1ccc(I)cc1)C1C2C=CC(C2)C1C(=O)OC(C(F)(F)F)C(F)(F)S(=O)(=O)[O-]. The number of ether oxygens (including phenoxy) is 1. The van der Waals surface area contributed by atoms with E-state index in [1.807, 2.05) is 22.6 Å². The topological polar surface area (TPSA) is 113 Å². The lowest BCUT2D eigenvalue weighted by Gasteiger charge is -2.32. The molecule has 1 fully saturated rings. The van der Waals surface area contributed by atoms with Crippen LogP contribution in [0.3, 0.4) is 0 Å². The maximum atomic E-state index is 13.7. The van der Waals surface area contributed by atoms with Crippen molar-refractivity contribution < 1.29 is 49.2 Å². The fraction of sp³-hybridized carbons (Fsp3) is 0.444. The normalized spacial score (nSPS) is 26.1. The largest absolute Gasteiger partial charge is 0.743 e. The van der Waals surface area contributed by atoms with Gasteiger partial charge in [0.05, 0.1) is 11.8 Å². The van der Waals surface area contributed by atoms with Gasteiger partial charge in [-0.15, -0.1) is 0 Å². The van der Waals surface area contributed by atoms with E-state index in [-0.39, 0.29) is 6.42 Å². The van der Waals surface area contributed by atoms with Crippen LogP contribution >= 0.6 is 22.6 Å². The molecule has 0 aliphatic heterocycles. The van der Waals surface area contributed by atoms with E-state index in [0.29, 0.717) is 5.69 Å². The Labute approximate surface area is 192 Å². The number of carbonyl (C=O) groups excluding carboxylic acids is 2. The van der Waals surface area contributed by atoms with Crippen molar-refractivity contribution in [1.29, 1.82) is 0 Å². The number of nitrogens with one attached hydrogen (secondary N) is 1. The molecule has 176 valence electrons. The van der Waals surface area contributed by atoms with Gasteiger partial charge in [0.2, 0.25) is 5.91 Å². The van der Waals surface area contributed by atoms with Crippen molar-refractivity contribution >= 4 is 50.3 Å². The summed E-state index contributed by atoms with van der Waals surface area (Å²) in [5, 5.41) is -3.43. The minimum absolute atomic E-state index is 0.192. The second kappa shape index (κ2) is 8.52. The molecular weight excluding hydrogens is 580 g/mol. The summed E-state index contributed by atoms with van der Waals surface area (Å²) in [4.78, 5) is 25.3. The first-order chi connectivity index (χ1) is 14.6. The van der Waals surface area contributed by atoms with Crippen molar-refractivity contribution in [2.24, 2.45) is 23.7 Å². The molecule has 7 nitrogen and oxygen atoms in total. The number of carbonyl (C=O) groups is 2. The molecule has 1 aromatic rings. The van der Waals surface area contributed by atoms with Gasteiger partial charge in [-0.1, -0.05) is 12.2 Å². The summed E-state index contributed by atoms with van der Waals surface area (Å²) < 4.78 is 104. The number of esters is 1. The van der Waals surface area contributed by atoms with Crippen molar-refractivity contribution in [3.05, 3.63) is 40.0 Å². The van der Waals surface area contributed by atoms with Crippen LogP contribution in [-0.4, -0.2) is 42.4 Å². The van der Waals surface area contributed by atoms with Gasteiger partial charge >= 0.3 is 17.4 Å². The van der Waals surface area contributed by atoms with Gasteiger partial charge in [0.15, 0.2) is 10.1 Å². The summed E-state index contributed by atoms with van der Waals surface area (Å²) in [6.07, 6.45) is -7.32. The molecule has 0 radical (unpaired) electrons. The first-order valence-electron chi connectivity index (χ1n) is 8.98. The lowest BCUT2D eigenvalue weighted by atomic mass is 9.82. The zero-order valence-electron chi connectivity index (χ0n) is 15.7. The van der Waals surface area contributed by atoms with Crippen LogP contribution in [0, 0.1) is 27.2 Å². The number of amides is 1. The van der Waals surface area contributed by atoms with E-state index in [4.69, 9.17) is 0 Å². The maximum Gasteiger partial charge on any atom is 0.432 e. The molecule has 1 N–H and O–H groups in total. The Morgan fingerprint density at radius 3 is 2.09 bits per heavy atom. The summed E-state index contributed by atoms with van der Waals surface area (Å²) >= 11 is 2.02. The highest BCUT2D eigenvalue weighted by Gasteiger charge is 2.64. The molecule has 2 aliphatic rings. The van der Waals surface area contributed by atoms with E-state index < -0.39 is 63.2 Å². The van der Waals surface area contributed by atoms with E-state index in [9.17, 15) is 44.5 Å². The van der Waals surface area contributed by atoms with Crippen LogP contribution in [0.5, 0.6) is 0 Å². The highest BCUT2D eigenvalue weighted by molar-refractivity contribution is 14.1. The number of benzene rings is 1. The molecule has 2 aliphatic carbocycles. The zero-order chi connectivity index (χ0) is 24.1. The van der Waals surface area contributed by atoms with Crippen molar-refractivity contribution in [2.75, 3.05) is 5.32 Å². The summed E-state index contributed by atoms with van der Waals surface area (Å²) in [7, 11) is -6.81. The Bertz CT molecular complexity index is 1040. The third kappa shape index (κ3) is 4.76. The Hall–Kier alpha value is -1.81. The quantitative estimate of drug-likeness (QED) is 0.178. The lowest BCUT2D eigenvalue weighted by molar-refractivity contribution is -0.261. The van der Waals surface area contributed by atoms with Crippen LogP contribution in [0.2, 0.25) is 0 Å². The average Bonchev–Trinajstić information content (AvgIpc) is 3.27. The maximum absolute atomic E-state index is 13.7. The first-order valence-corrected chi connectivity index (χ1v) is 11.5. The molecule has 5 unspecified atom stereocenters. The highest BCUT2D eigenvalue weighted by Crippen LogP contribution is 2.50. The van der Waals surface area contributed by atoms with Crippen LogP contribution < -0.4 is 5.32 Å². The number of halogens is 6. The van der Waals surface area contributed by atoms with Crippen molar-refractivity contribution in [3.63, 3.8) is 0 Å². The summed E-state index contributed by atoms with van der Waals surface area (Å²) in [6.45, 7) is 0. The molecule has 1 saturated carbocycles. The van der Waals surface area contributed by atoms with Crippen molar-refractivity contribution in [2.45, 2.75) is 24.0 Å². The standard InChI is InChI=1S/C18H15F5INO6S/c19-17(20,21)16(18(22,23)32(28,29)30)31-15(27)13-9-2-1-8(7-9)12(13)14(26)25-11-5-3-10(24)4-6-11/h1-6,8-9,12-13,16H,7H2,(H,25,26)(H,28,29,30)/p-1. The van der Waals surface area contributed by atoms with Crippen LogP contribution in [0.1, 0.15) is 6.42 Å². The number of anilines is 1. The van der Waals surface area contributed by atoms with Gasteiger partial charge in [-0.3, -0.25) is 9.59 Å². The molecule has 32 heavy (non-hydrogen) atoms. The van der Waals surface area contributed by atoms with Crippen molar-refractivity contribution in [3.8, 4) is 0 Å². The lowest BCUT2D eigenvalue weighted by Crippen LogP contribution is -2.53. The number of hydrogen-bond acceptors (Lipinski definition) is 6. The fourth-order valence-electron chi connectivity index (χ4n) is 3.91. The number of fused-ring (bicyclic) bond motifs is 2. The monoisotopic (exact) mass is 594 g/mol. The van der Waals surface area contributed by atoms with Gasteiger partial charge in [0, 0.05) is 9.26 Å². The van der Waals surface area contributed by atoms with Gasteiger partial charge in [0.25, 0.3) is 6.10 Å². The molecule has 0 spiro atoms. The van der Waals surface area contributed by atoms with Crippen LogP contribution in [0.15, 0.2) is 36.4 Å². The van der Waals surface area contributed by atoms with Crippen LogP contribution in [0.25, 0.3) is 0 Å². The van der Waals surface area contributed by atoms with E-state index >= 15 is 0 Å². The molecule has 1 amide bonds. The van der Waals surface area contributed by atoms with Gasteiger partial charge < -0.3 is 14.6 Å². The third-order valence-corrected chi connectivity index (χ3v) is 6.92. The van der Waals surface area contributed by atoms with E-state index in [0.717, 1.165) is 3.57 Å².